The molecule has 1 aliphatic heterocycles. The Kier molecular flexibility index (Phi) is 4.95. The Hall–Kier alpha value is -1.81. The summed E-state index contributed by atoms with van der Waals surface area (Å²) in [5.41, 5.74) is -0.215. The second kappa shape index (κ2) is 6.98. The first kappa shape index (κ1) is 17.0. The molecule has 1 aliphatic rings. The highest BCUT2D eigenvalue weighted by Crippen LogP contribution is 2.22. The number of sulfonamides is 1. The van der Waals surface area contributed by atoms with E-state index in [1.165, 1.54) is 27.4 Å². The zero-order valence-electron chi connectivity index (χ0n) is 12.9. The van der Waals surface area contributed by atoms with Crippen molar-refractivity contribution in [3.05, 3.63) is 56.8 Å². The van der Waals surface area contributed by atoms with E-state index < -0.39 is 14.9 Å². The third kappa shape index (κ3) is 3.64. The molecule has 0 unspecified atom stereocenters. The van der Waals surface area contributed by atoms with Crippen molar-refractivity contribution in [2.45, 2.75) is 11.4 Å². The number of nitro groups is 1. The number of benzene rings is 1. The van der Waals surface area contributed by atoms with Gasteiger partial charge in [0, 0.05) is 49.7 Å². The van der Waals surface area contributed by atoms with Crippen LogP contribution in [0.1, 0.15) is 4.88 Å². The van der Waals surface area contributed by atoms with Gasteiger partial charge in [-0.3, -0.25) is 15.0 Å². The summed E-state index contributed by atoms with van der Waals surface area (Å²) in [7, 11) is -3.70. The molecule has 2 aromatic rings. The maximum absolute atomic E-state index is 12.7. The van der Waals surface area contributed by atoms with Crippen molar-refractivity contribution in [3.8, 4) is 0 Å². The topological polar surface area (TPSA) is 83.8 Å². The van der Waals surface area contributed by atoms with Crippen LogP contribution in [0.4, 0.5) is 5.69 Å². The van der Waals surface area contributed by atoms with Crippen LogP contribution in [0.5, 0.6) is 0 Å². The summed E-state index contributed by atoms with van der Waals surface area (Å²) in [6, 6.07) is 9.28. The fourth-order valence-electron chi connectivity index (χ4n) is 2.66. The SMILES string of the molecule is O=[N+]([O-])c1cccc(S(=O)(=O)N2CCN(Cc3cccs3)CC2)c1. The largest absolute Gasteiger partial charge is 0.296 e. The standard InChI is InChI=1S/C15H17N3O4S2/c19-18(20)13-3-1-5-15(11-13)24(21,22)17-8-6-16(7-9-17)12-14-4-2-10-23-14/h1-5,10-11H,6-9,12H2. The molecule has 3 rings (SSSR count). The number of rotatable bonds is 5. The molecule has 0 aliphatic carbocycles. The number of hydrogen-bond acceptors (Lipinski definition) is 6. The molecule has 0 spiro atoms. The van der Waals surface area contributed by atoms with Gasteiger partial charge in [0.2, 0.25) is 10.0 Å². The van der Waals surface area contributed by atoms with Crippen molar-refractivity contribution in [3.63, 3.8) is 0 Å². The van der Waals surface area contributed by atoms with Crippen molar-refractivity contribution in [2.75, 3.05) is 26.2 Å². The molecular formula is C15H17N3O4S2. The van der Waals surface area contributed by atoms with Crippen molar-refractivity contribution in [1.29, 1.82) is 0 Å². The number of nitrogens with zero attached hydrogens (tertiary/aromatic N) is 3. The van der Waals surface area contributed by atoms with Crippen LogP contribution >= 0.6 is 11.3 Å². The number of piperazine rings is 1. The second-order valence-electron chi connectivity index (χ2n) is 5.51. The van der Waals surface area contributed by atoms with Gasteiger partial charge in [-0.15, -0.1) is 11.3 Å². The minimum Gasteiger partial charge on any atom is -0.296 e. The molecule has 7 nitrogen and oxygen atoms in total. The van der Waals surface area contributed by atoms with E-state index in [1.54, 1.807) is 11.3 Å². The Morgan fingerprint density at radius 3 is 2.50 bits per heavy atom. The predicted octanol–water partition coefficient (Wildman–Crippen LogP) is 2.16. The van der Waals surface area contributed by atoms with Gasteiger partial charge >= 0.3 is 0 Å². The molecule has 0 N–H and O–H groups in total. The first-order valence-electron chi connectivity index (χ1n) is 7.46. The van der Waals surface area contributed by atoms with Gasteiger partial charge in [-0.05, 0) is 17.5 Å². The Bertz CT molecular complexity index is 813. The third-order valence-electron chi connectivity index (χ3n) is 3.96. The van der Waals surface area contributed by atoms with Gasteiger partial charge < -0.3 is 0 Å². The van der Waals surface area contributed by atoms with Crippen LogP contribution in [0.3, 0.4) is 0 Å². The lowest BCUT2D eigenvalue weighted by molar-refractivity contribution is -0.385. The van der Waals surface area contributed by atoms with Crippen molar-refractivity contribution < 1.29 is 13.3 Å². The van der Waals surface area contributed by atoms with Crippen LogP contribution in [0.15, 0.2) is 46.7 Å². The zero-order valence-corrected chi connectivity index (χ0v) is 14.5. The highest BCUT2D eigenvalue weighted by atomic mass is 32.2. The Morgan fingerprint density at radius 2 is 1.88 bits per heavy atom. The summed E-state index contributed by atoms with van der Waals surface area (Å²) in [4.78, 5) is 13.7. The zero-order chi connectivity index (χ0) is 17.2. The number of non-ortho nitro benzene ring substituents is 1. The van der Waals surface area contributed by atoms with Crippen molar-refractivity contribution in [1.82, 2.24) is 9.21 Å². The minimum atomic E-state index is -3.70. The van der Waals surface area contributed by atoms with Gasteiger partial charge in [-0.25, -0.2) is 8.42 Å². The van der Waals surface area contributed by atoms with Crippen molar-refractivity contribution >= 4 is 27.0 Å². The van der Waals surface area contributed by atoms with Gasteiger partial charge in [-0.2, -0.15) is 4.31 Å². The molecule has 0 radical (unpaired) electrons. The fourth-order valence-corrected chi connectivity index (χ4v) is 4.87. The van der Waals surface area contributed by atoms with Gasteiger partial charge in [0.15, 0.2) is 0 Å². The van der Waals surface area contributed by atoms with Crippen LogP contribution in [0, 0.1) is 10.1 Å². The van der Waals surface area contributed by atoms with Gasteiger partial charge in [0.1, 0.15) is 0 Å². The van der Waals surface area contributed by atoms with Crippen LogP contribution in [-0.4, -0.2) is 48.7 Å². The second-order valence-corrected chi connectivity index (χ2v) is 8.48. The third-order valence-corrected chi connectivity index (χ3v) is 6.71. The summed E-state index contributed by atoms with van der Waals surface area (Å²) >= 11 is 1.69. The van der Waals surface area contributed by atoms with E-state index in [9.17, 15) is 18.5 Å². The molecule has 1 saturated heterocycles. The average molecular weight is 367 g/mol. The molecule has 1 aromatic carbocycles. The van der Waals surface area contributed by atoms with Gasteiger partial charge in [0.05, 0.1) is 9.82 Å². The molecule has 0 saturated carbocycles. The quantitative estimate of drug-likeness (QED) is 0.597. The molecule has 1 aromatic heterocycles. The molecule has 1 fully saturated rings. The van der Waals surface area contributed by atoms with E-state index in [-0.39, 0.29) is 10.6 Å². The highest BCUT2D eigenvalue weighted by Gasteiger charge is 2.29. The van der Waals surface area contributed by atoms with Crippen LogP contribution in [-0.2, 0) is 16.6 Å². The summed E-state index contributed by atoms with van der Waals surface area (Å²) < 4.78 is 26.7. The van der Waals surface area contributed by atoms with Gasteiger partial charge in [-0.1, -0.05) is 12.1 Å². The molecule has 0 bridgehead atoms. The van der Waals surface area contributed by atoms with E-state index in [4.69, 9.17) is 0 Å². The molecule has 128 valence electrons. The maximum atomic E-state index is 12.7. The van der Waals surface area contributed by atoms with E-state index >= 15 is 0 Å². The predicted molar refractivity (Wildman–Crippen MR) is 91.5 cm³/mol. The summed E-state index contributed by atoms with van der Waals surface area (Å²) in [6.07, 6.45) is 0. The van der Waals surface area contributed by atoms with Crippen LogP contribution in [0.2, 0.25) is 0 Å². The minimum absolute atomic E-state index is 0.0246. The van der Waals surface area contributed by atoms with E-state index in [2.05, 4.69) is 11.0 Å². The van der Waals surface area contributed by atoms with E-state index in [1.807, 2.05) is 11.4 Å². The molecular weight excluding hydrogens is 350 g/mol. The number of hydrogen-bond donors (Lipinski definition) is 0. The van der Waals surface area contributed by atoms with E-state index in [0.717, 1.165) is 12.6 Å². The number of thiophene rings is 1. The molecule has 0 atom stereocenters. The monoisotopic (exact) mass is 367 g/mol. The fraction of sp³-hybridized carbons (Fsp3) is 0.333. The average Bonchev–Trinajstić information content (AvgIpc) is 3.08. The normalized spacial score (nSPS) is 17.0. The lowest BCUT2D eigenvalue weighted by atomic mass is 10.3. The van der Waals surface area contributed by atoms with Crippen molar-refractivity contribution in [2.24, 2.45) is 0 Å². The molecule has 2 heterocycles. The molecule has 9 heteroatoms. The number of nitro benzene ring substituents is 1. The Morgan fingerprint density at radius 1 is 1.12 bits per heavy atom. The smallest absolute Gasteiger partial charge is 0.270 e. The molecule has 0 amide bonds. The Balaban J connectivity index is 1.68. The van der Waals surface area contributed by atoms with Crippen LogP contribution < -0.4 is 0 Å². The first-order chi connectivity index (χ1) is 11.5. The molecule has 24 heavy (non-hydrogen) atoms. The highest BCUT2D eigenvalue weighted by molar-refractivity contribution is 7.89. The van der Waals surface area contributed by atoms with Crippen LogP contribution in [0.25, 0.3) is 0 Å². The summed E-state index contributed by atoms with van der Waals surface area (Å²) in [5.74, 6) is 0. The summed E-state index contributed by atoms with van der Waals surface area (Å²) in [6.45, 7) is 2.88. The summed E-state index contributed by atoms with van der Waals surface area (Å²) in [5, 5.41) is 12.9. The lowest BCUT2D eigenvalue weighted by Crippen LogP contribution is -2.48. The lowest BCUT2D eigenvalue weighted by Gasteiger charge is -2.33. The Labute approximate surface area is 144 Å². The maximum Gasteiger partial charge on any atom is 0.270 e. The van der Waals surface area contributed by atoms with E-state index in [0.29, 0.717) is 26.2 Å². The van der Waals surface area contributed by atoms with Gasteiger partial charge in [0.25, 0.3) is 5.69 Å². The first-order valence-corrected chi connectivity index (χ1v) is 9.78.